The summed E-state index contributed by atoms with van der Waals surface area (Å²) in [5.74, 6) is 0. The fraction of sp³-hybridized carbons (Fsp3) is 0.267. The summed E-state index contributed by atoms with van der Waals surface area (Å²) in [6, 6.07) is 10.5. The van der Waals surface area contributed by atoms with E-state index in [1.54, 1.807) is 30.5 Å². The van der Waals surface area contributed by atoms with Crippen molar-refractivity contribution in [1.82, 2.24) is 4.98 Å². The van der Waals surface area contributed by atoms with Gasteiger partial charge in [0, 0.05) is 6.20 Å². The van der Waals surface area contributed by atoms with Gasteiger partial charge >= 0.3 is 0 Å². The average molecular weight is 273 g/mol. The molecule has 0 bridgehead atoms. The van der Waals surface area contributed by atoms with Gasteiger partial charge in [0.25, 0.3) is 0 Å². The molecule has 1 aliphatic carbocycles. The van der Waals surface area contributed by atoms with Crippen molar-refractivity contribution in [2.24, 2.45) is 0 Å². The monoisotopic (exact) mass is 273 g/mol. The predicted molar refractivity (Wildman–Crippen MR) is 72.8 cm³/mol. The summed E-state index contributed by atoms with van der Waals surface area (Å²) in [5, 5.41) is 0.246. The lowest BCUT2D eigenvalue weighted by Gasteiger charge is -2.18. The number of pyridine rings is 1. The van der Waals surface area contributed by atoms with E-state index in [0.29, 0.717) is 4.90 Å². The molecule has 1 aliphatic rings. The Balaban J connectivity index is 2.17. The molecule has 0 saturated heterocycles. The first-order valence-corrected chi connectivity index (χ1v) is 7.95. The summed E-state index contributed by atoms with van der Waals surface area (Å²) >= 11 is 0. The largest absolute Gasteiger partial charge is 0.244 e. The molecule has 0 saturated carbocycles. The van der Waals surface area contributed by atoms with E-state index in [0.717, 1.165) is 36.8 Å². The third-order valence-electron chi connectivity index (χ3n) is 3.54. The lowest BCUT2D eigenvalue weighted by atomic mass is 9.94. The van der Waals surface area contributed by atoms with Crippen LogP contribution in [0, 0.1) is 0 Å². The second-order valence-electron chi connectivity index (χ2n) is 4.78. The summed E-state index contributed by atoms with van der Waals surface area (Å²) in [6.45, 7) is 0. The third kappa shape index (κ3) is 2.16. The summed E-state index contributed by atoms with van der Waals surface area (Å²) < 4.78 is 25.3. The molecule has 3 rings (SSSR count). The zero-order valence-corrected chi connectivity index (χ0v) is 11.4. The molecule has 98 valence electrons. The van der Waals surface area contributed by atoms with Crippen molar-refractivity contribution in [3.05, 3.63) is 53.7 Å². The predicted octanol–water partition coefficient (Wildman–Crippen LogP) is 2.79. The van der Waals surface area contributed by atoms with Gasteiger partial charge in [-0.15, -0.1) is 0 Å². The van der Waals surface area contributed by atoms with Crippen molar-refractivity contribution < 1.29 is 8.42 Å². The van der Waals surface area contributed by atoms with E-state index < -0.39 is 9.84 Å². The van der Waals surface area contributed by atoms with E-state index in [4.69, 9.17) is 0 Å². The first-order chi connectivity index (χ1) is 9.19. The van der Waals surface area contributed by atoms with Gasteiger partial charge in [-0.1, -0.05) is 18.2 Å². The third-order valence-corrected chi connectivity index (χ3v) is 5.30. The maximum absolute atomic E-state index is 12.6. The van der Waals surface area contributed by atoms with Crippen LogP contribution in [-0.4, -0.2) is 13.4 Å². The summed E-state index contributed by atoms with van der Waals surface area (Å²) in [4.78, 5) is 4.47. The van der Waals surface area contributed by atoms with Gasteiger partial charge in [0.15, 0.2) is 5.03 Å². The number of aryl methyl sites for hydroxylation is 1. The van der Waals surface area contributed by atoms with Crippen molar-refractivity contribution >= 4 is 9.84 Å². The maximum atomic E-state index is 12.6. The van der Waals surface area contributed by atoms with Crippen molar-refractivity contribution in [1.29, 1.82) is 0 Å². The second kappa shape index (κ2) is 4.78. The number of benzene rings is 1. The highest BCUT2D eigenvalue weighted by Crippen LogP contribution is 2.29. The Hall–Kier alpha value is -1.68. The van der Waals surface area contributed by atoms with E-state index in [1.807, 2.05) is 12.1 Å². The molecule has 1 aromatic heterocycles. The van der Waals surface area contributed by atoms with E-state index >= 15 is 0 Å². The van der Waals surface area contributed by atoms with Gasteiger partial charge in [-0.25, -0.2) is 13.4 Å². The summed E-state index contributed by atoms with van der Waals surface area (Å²) in [7, 11) is -3.49. The normalized spacial score (nSPS) is 14.9. The Morgan fingerprint density at radius 2 is 1.68 bits per heavy atom. The fourth-order valence-electron chi connectivity index (χ4n) is 2.57. The first kappa shape index (κ1) is 12.4. The average Bonchev–Trinajstić information content (AvgIpc) is 2.47. The van der Waals surface area contributed by atoms with Crippen LogP contribution in [-0.2, 0) is 22.7 Å². The van der Waals surface area contributed by atoms with E-state index in [2.05, 4.69) is 4.98 Å². The van der Waals surface area contributed by atoms with Gasteiger partial charge in [-0.3, -0.25) is 0 Å². The van der Waals surface area contributed by atoms with Crippen LogP contribution in [0.25, 0.3) is 0 Å². The Bertz CT molecular complexity index is 693. The molecule has 1 aromatic carbocycles. The molecule has 19 heavy (non-hydrogen) atoms. The number of nitrogens with zero attached hydrogens (tertiary/aromatic N) is 1. The van der Waals surface area contributed by atoms with E-state index in [9.17, 15) is 8.42 Å². The Kier molecular flexibility index (Phi) is 3.11. The van der Waals surface area contributed by atoms with Crippen molar-refractivity contribution in [3.8, 4) is 0 Å². The molecule has 2 aromatic rings. The summed E-state index contributed by atoms with van der Waals surface area (Å²) in [5.41, 5.74) is 2.05. The van der Waals surface area contributed by atoms with Crippen LogP contribution in [0.1, 0.15) is 24.0 Å². The van der Waals surface area contributed by atoms with Crippen molar-refractivity contribution in [3.63, 3.8) is 0 Å². The minimum atomic E-state index is -3.49. The molecule has 0 spiro atoms. The van der Waals surface area contributed by atoms with Crippen LogP contribution in [0.5, 0.6) is 0 Å². The smallest absolute Gasteiger partial charge is 0.224 e. The zero-order valence-electron chi connectivity index (χ0n) is 10.5. The van der Waals surface area contributed by atoms with Gasteiger partial charge in [0.1, 0.15) is 0 Å². The van der Waals surface area contributed by atoms with Gasteiger partial charge in [0.2, 0.25) is 9.84 Å². The van der Waals surface area contributed by atoms with Crippen LogP contribution in [0.4, 0.5) is 0 Å². The Morgan fingerprint density at radius 1 is 0.947 bits per heavy atom. The molecule has 0 unspecified atom stereocenters. The topological polar surface area (TPSA) is 47.0 Å². The van der Waals surface area contributed by atoms with Crippen LogP contribution in [0.2, 0.25) is 0 Å². The molecule has 3 nitrogen and oxygen atoms in total. The molecular weight excluding hydrogens is 258 g/mol. The maximum Gasteiger partial charge on any atom is 0.224 e. The highest BCUT2D eigenvalue weighted by molar-refractivity contribution is 7.91. The highest BCUT2D eigenvalue weighted by Gasteiger charge is 2.25. The minimum Gasteiger partial charge on any atom is -0.244 e. The van der Waals surface area contributed by atoms with Crippen molar-refractivity contribution in [2.45, 2.75) is 35.6 Å². The van der Waals surface area contributed by atoms with Crippen LogP contribution < -0.4 is 0 Å². The van der Waals surface area contributed by atoms with Gasteiger partial charge in [-0.2, -0.15) is 0 Å². The molecule has 0 fully saturated rings. The SMILES string of the molecule is O=S(=O)(c1ccccc1)c1nccc2c1CCCC2. The standard InChI is InChI=1S/C15H15NO2S/c17-19(18,13-7-2-1-3-8-13)15-14-9-5-4-6-12(14)10-11-16-15/h1-3,7-8,10-11H,4-6,9H2. The molecule has 0 atom stereocenters. The molecule has 1 heterocycles. The fourth-order valence-corrected chi connectivity index (χ4v) is 4.07. The number of fused-ring (bicyclic) bond motifs is 1. The molecule has 0 amide bonds. The number of hydrogen-bond acceptors (Lipinski definition) is 3. The number of hydrogen-bond donors (Lipinski definition) is 0. The number of sulfone groups is 1. The van der Waals surface area contributed by atoms with Gasteiger partial charge in [-0.05, 0) is 55.0 Å². The minimum absolute atomic E-state index is 0.246. The Morgan fingerprint density at radius 3 is 2.47 bits per heavy atom. The lowest BCUT2D eigenvalue weighted by Crippen LogP contribution is -2.13. The molecule has 0 N–H and O–H groups in total. The zero-order chi connectivity index (χ0) is 13.3. The van der Waals surface area contributed by atoms with E-state index in [1.165, 1.54) is 0 Å². The quantitative estimate of drug-likeness (QED) is 0.845. The van der Waals surface area contributed by atoms with Gasteiger partial charge in [0.05, 0.1) is 4.90 Å². The van der Waals surface area contributed by atoms with Crippen LogP contribution in [0.3, 0.4) is 0 Å². The Labute approximate surface area is 113 Å². The molecule has 4 heteroatoms. The molecular formula is C15H15NO2S. The number of rotatable bonds is 2. The summed E-state index contributed by atoms with van der Waals surface area (Å²) in [6.07, 6.45) is 5.54. The number of aromatic nitrogens is 1. The lowest BCUT2D eigenvalue weighted by molar-refractivity contribution is 0.585. The molecule has 0 radical (unpaired) electrons. The van der Waals surface area contributed by atoms with Gasteiger partial charge < -0.3 is 0 Å². The van der Waals surface area contributed by atoms with Crippen LogP contribution in [0.15, 0.2) is 52.5 Å². The molecule has 0 aliphatic heterocycles. The second-order valence-corrected chi connectivity index (χ2v) is 6.64. The first-order valence-electron chi connectivity index (χ1n) is 6.46. The highest BCUT2D eigenvalue weighted by atomic mass is 32.2. The van der Waals surface area contributed by atoms with E-state index in [-0.39, 0.29) is 5.03 Å². The van der Waals surface area contributed by atoms with Crippen molar-refractivity contribution in [2.75, 3.05) is 0 Å². The van der Waals surface area contributed by atoms with Crippen LogP contribution >= 0.6 is 0 Å².